The van der Waals surface area contributed by atoms with E-state index in [4.69, 9.17) is 0 Å². The van der Waals surface area contributed by atoms with Gasteiger partial charge >= 0.3 is 6.03 Å². The summed E-state index contributed by atoms with van der Waals surface area (Å²) < 4.78 is 0. The number of carbonyl (C=O) groups excluding carboxylic acids is 3. The maximum Gasteiger partial charge on any atom is 0.331 e. The maximum atomic E-state index is 12.3. The highest BCUT2D eigenvalue weighted by Crippen LogP contribution is 2.24. The van der Waals surface area contributed by atoms with E-state index in [1.165, 1.54) is 4.90 Å². The van der Waals surface area contributed by atoms with Crippen LogP contribution in [0.15, 0.2) is 12.2 Å². The number of amides is 4. The average molecular weight is 250 g/mol. The molecule has 1 aliphatic heterocycles. The van der Waals surface area contributed by atoms with Crippen LogP contribution in [-0.4, -0.2) is 28.8 Å². The number of allylic oxidation sites excluding steroid dienone is 1. The topological polar surface area (TPSA) is 66.5 Å². The van der Waals surface area contributed by atoms with E-state index in [9.17, 15) is 14.4 Å². The van der Waals surface area contributed by atoms with Gasteiger partial charge in [0.15, 0.2) is 0 Å². The van der Waals surface area contributed by atoms with Gasteiger partial charge in [-0.1, -0.05) is 25.5 Å². The van der Waals surface area contributed by atoms with Crippen molar-refractivity contribution in [2.24, 2.45) is 5.92 Å². The molecule has 2 unspecified atom stereocenters. The number of barbiturate groups is 1. The van der Waals surface area contributed by atoms with Crippen LogP contribution in [0.1, 0.15) is 39.0 Å². The lowest BCUT2D eigenvalue weighted by Gasteiger charge is -2.36. The Morgan fingerprint density at radius 1 is 1.33 bits per heavy atom. The van der Waals surface area contributed by atoms with Crippen LogP contribution in [0.5, 0.6) is 0 Å². The molecule has 1 aliphatic carbocycles. The summed E-state index contributed by atoms with van der Waals surface area (Å²) in [4.78, 5) is 37.0. The SMILES string of the molecule is CCCC1C(=O)NC(=O)N(C2CC=CCC2)C1=O. The molecule has 5 nitrogen and oxygen atoms in total. The maximum absolute atomic E-state index is 12.3. The van der Waals surface area contributed by atoms with Crippen molar-refractivity contribution in [3.63, 3.8) is 0 Å². The molecule has 0 bridgehead atoms. The monoisotopic (exact) mass is 250 g/mol. The molecule has 1 saturated heterocycles. The highest BCUT2D eigenvalue weighted by molar-refractivity contribution is 6.16. The Bertz CT molecular complexity index is 403. The molecule has 0 aromatic carbocycles. The van der Waals surface area contributed by atoms with Gasteiger partial charge in [-0.25, -0.2) is 4.79 Å². The van der Waals surface area contributed by atoms with Gasteiger partial charge in [0.05, 0.1) is 0 Å². The Morgan fingerprint density at radius 2 is 2.11 bits per heavy atom. The summed E-state index contributed by atoms with van der Waals surface area (Å²) >= 11 is 0. The fourth-order valence-electron chi connectivity index (χ4n) is 2.53. The molecule has 18 heavy (non-hydrogen) atoms. The lowest BCUT2D eigenvalue weighted by Crippen LogP contribution is -2.60. The van der Waals surface area contributed by atoms with E-state index in [1.54, 1.807) is 0 Å². The summed E-state index contributed by atoms with van der Waals surface area (Å²) in [6.07, 6.45) is 7.62. The van der Waals surface area contributed by atoms with Crippen LogP contribution < -0.4 is 5.32 Å². The lowest BCUT2D eigenvalue weighted by atomic mass is 9.94. The second-order valence-corrected chi connectivity index (χ2v) is 4.78. The van der Waals surface area contributed by atoms with Crippen LogP contribution in [-0.2, 0) is 9.59 Å². The third kappa shape index (κ3) is 2.30. The Kier molecular flexibility index (Phi) is 3.79. The van der Waals surface area contributed by atoms with Gasteiger partial charge < -0.3 is 0 Å². The largest absolute Gasteiger partial charge is 0.331 e. The fraction of sp³-hybridized carbons (Fsp3) is 0.615. The van der Waals surface area contributed by atoms with Gasteiger partial charge in [-0.15, -0.1) is 0 Å². The van der Waals surface area contributed by atoms with Gasteiger partial charge in [-0.3, -0.25) is 19.8 Å². The van der Waals surface area contributed by atoms with E-state index in [0.717, 1.165) is 19.3 Å². The molecular weight excluding hydrogens is 232 g/mol. The Hall–Kier alpha value is -1.65. The molecule has 1 N–H and O–H groups in total. The first kappa shape index (κ1) is 12.8. The zero-order valence-corrected chi connectivity index (χ0v) is 10.5. The number of hydrogen-bond donors (Lipinski definition) is 1. The molecule has 2 rings (SSSR count). The summed E-state index contributed by atoms with van der Waals surface area (Å²) in [5, 5.41) is 2.30. The van der Waals surface area contributed by atoms with Gasteiger partial charge in [0, 0.05) is 6.04 Å². The van der Waals surface area contributed by atoms with E-state index in [1.807, 2.05) is 13.0 Å². The van der Waals surface area contributed by atoms with Gasteiger partial charge in [-0.05, 0) is 25.7 Å². The average Bonchev–Trinajstić information content (AvgIpc) is 2.35. The van der Waals surface area contributed by atoms with Crippen molar-refractivity contribution in [2.75, 3.05) is 0 Å². The van der Waals surface area contributed by atoms with Crippen molar-refractivity contribution in [1.82, 2.24) is 10.2 Å². The van der Waals surface area contributed by atoms with Crippen LogP contribution in [0, 0.1) is 5.92 Å². The molecule has 2 aliphatic rings. The first-order valence-corrected chi connectivity index (χ1v) is 6.48. The molecule has 0 aromatic heterocycles. The molecule has 0 radical (unpaired) electrons. The van der Waals surface area contributed by atoms with Gasteiger partial charge in [0.2, 0.25) is 11.8 Å². The first-order valence-electron chi connectivity index (χ1n) is 6.48. The summed E-state index contributed by atoms with van der Waals surface area (Å²) in [6, 6.07) is -0.660. The molecule has 0 saturated carbocycles. The van der Waals surface area contributed by atoms with E-state index in [0.29, 0.717) is 12.8 Å². The predicted octanol–water partition coefficient (Wildman–Crippen LogP) is 1.59. The molecule has 4 amide bonds. The highest BCUT2D eigenvalue weighted by atomic mass is 16.2. The molecular formula is C13H18N2O3. The molecule has 1 fully saturated rings. The Labute approximate surface area is 106 Å². The van der Waals surface area contributed by atoms with E-state index < -0.39 is 17.9 Å². The van der Waals surface area contributed by atoms with Crippen LogP contribution >= 0.6 is 0 Å². The highest BCUT2D eigenvalue weighted by Gasteiger charge is 2.42. The number of urea groups is 1. The third-order valence-electron chi connectivity index (χ3n) is 3.48. The van der Waals surface area contributed by atoms with Gasteiger partial charge in [0.25, 0.3) is 0 Å². The smallest absolute Gasteiger partial charge is 0.277 e. The first-order chi connectivity index (χ1) is 8.65. The van der Waals surface area contributed by atoms with Gasteiger partial charge in [0.1, 0.15) is 5.92 Å². The minimum absolute atomic E-state index is 0.102. The zero-order chi connectivity index (χ0) is 13.1. The van der Waals surface area contributed by atoms with Crippen molar-refractivity contribution in [1.29, 1.82) is 0 Å². The second kappa shape index (κ2) is 5.33. The minimum atomic E-state index is -0.696. The molecule has 1 heterocycles. The van der Waals surface area contributed by atoms with E-state index in [-0.39, 0.29) is 11.9 Å². The third-order valence-corrected chi connectivity index (χ3v) is 3.48. The normalized spacial score (nSPS) is 28.5. The molecule has 98 valence electrons. The number of nitrogens with one attached hydrogen (secondary N) is 1. The lowest BCUT2D eigenvalue weighted by molar-refractivity contribution is -0.144. The quantitative estimate of drug-likeness (QED) is 0.611. The molecule has 0 spiro atoms. The van der Waals surface area contributed by atoms with Crippen molar-refractivity contribution in [2.45, 2.75) is 45.1 Å². The predicted molar refractivity (Wildman–Crippen MR) is 65.6 cm³/mol. The Balaban J connectivity index is 2.17. The summed E-state index contributed by atoms with van der Waals surface area (Å²) in [5.41, 5.74) is 0. The Morgan fingerprint density at radius 3 is 2.72 bits per heavy atom. The molecule has 2 atom stereocenters. The zero-order valence-electron chi connectivity index (χ0n) is 10.5. The number of imide groups is 2. The van der Waals surface area contributed by atoms with Crippen LogP contribution in [0.25, 0.3) is 0 Å². The summed E-state index contributed by atoms with van der Waals surface area (Å²) in [7, 11) is 0. The van der Waals surface area contributed by atoms with Crippen molar-refractivity contribution >= 4 is 17.8 Å². The van der Waals surface area contributed by atoms with Crippen LogP contribution in [0.2, 0.25) is 0 Å². The van der Waals surface area contributed by atoms with Crippen molar-refractivity contribution in [3.05, 3.63) is 12.2 Å². The van der Waals surface area contributed by atoms with Gasteiger partial charge in [-0.2, -0.15) is 0 Å². The number of hydrogen-bond acceptors (Lipinski definition) is 3. The second-order valence-electron chi connectivity index (χ2n) is 4.78. The standard InChI is InChI=1S/C13H18N2O3/c1-2-6-10-11(16)14-13(18)15(12(10)17)9-7-4-3-5-8-9/h3-4,9-10H,2,5-8H2,1H3,(H,14,16,18). The van der Waals surface area contributed by atoms with Crippen molar-refractivity contribution in [3.8, 4) is 0 Å². The fourth-order valence-corrected chi connectivity index (χ4v) is 2.53. The molecule has 5 heteroatoms. The number of carbonyl (C=O) groups is 3. The summed E-state index contributed by atoms with van der Waals surface area (Å²) in [6.45, 7) is 1.92. The number of rotatable bonds is 3. The van der Waals surface area contributed by atoms with E-state index >= 15 is 0 Å². The minimum Gasteiger partial charge on any atom is -0.277 e. The van der Waals surface area contributed by atoms with Crippen molar-refractivity contribution < 1.29 is 14.4 Å². The summed E-state index contributed by atoms with van der Waals surface area (Å²) in [5.74, 6) is -1.47. The van der Waals surface area contributed by atoms with E-state index in [2.05, 4.69) is 11.4 Å². The molecule has 0 aromatic rings. The van der Waals surface area contributed by atoms with Crippen LogP contribution in [0.4, 0.5) is 4.79 Å². The van der Waals surface area contributed by atoms with Crippen LogP contribution in [0.3, 0.4) is 0 Å². The number of nitrogens with zero attached hydrogens (tertiary/aromatic N) is 1.